The first kappa shape index (κ1) is 11.4. The second-order valence-corrected chi connectivity index (χ2v) is 6.54. The van der Waals surface area contributed by atoms with Gasteiger partial charge in [-0.25, -0.2) is 0 Å². The van der Waals surface area contributed by atoms with E-state index in [0.717, 1.165) is 11.4 Å². The third-order valence-electron chi connectivity index (χ3n) is 3.92. The molecule has 0 fully saturated rings. The minimum atomic E-state index is -0.718. The van der Waals surface area contributed by atoms with Gasteiger partial charge in [-0.3, -0.25) is 0 Å². The second kappa shape index (κ2) is 3.78. The first-order chi connectivity index (χ1) is 9.14. The summed E-state index contributed by atoms with van der Waals surface area (Å²) in [6.45, 7) is 1.87. The summed E-state index contributed by atoms with van der Waals surface area (Å²) >= 11 is 1.88. The molecule has 2 N–H and O–H groups in total. The van der Waals surface area contributed by atoms with E-state index in [4.69, 9.17) is 0 Å². The molecule has 4 rings (SSSR count). The Kier molecular flexibility index (Phi) is 2.26. The fraction of sp³-hybridized carbons (Fsp3) is 0.250. The van der Waals surface area contributed by atoms with Crippen LogP contribution in [-0.4, -0.2) is 15.7 Å². The summed E-state index contributed by atoms with van der Waals surface area (Å²) in [4.78, 5) is 4.87. The van der Waals surface area contributed by atoms with Crippen LogP contribution in [0.15, 0.2) is 35.2 Å². The number of thioether (sulfide) groups is 1. The molecule has 0 radical (unpaired) electrons. The molecule has 1 aromatic carbocycles. The highest BCUT2D eigenvalue weighted by atomic mass is 32.2. The quantitative estimate of drug-likeness (QED) is 0.766. The number of H-pyrrole nitrogens is 1. The zero-order valence-electron chi connectivity index (χ0n) is 10.7. The van der Waals surface area contributed by atoms with Crippen LogP contribution in [0.4, 0.5) is 0 Å². The Morgan fingerprint density at radius 1 is 1.26 bits per heavy atom. The molecule has 0 spiro atoms. The minimum absolute atomic E-state index is 0.702. The van der Waals surface area contributed by atoms with Gasteiger partial charge in [0.15, 0.2) is 0 Å². The lowest BCUT2D eigenvalue weighted by Gasteiger charge is -2.24. The smallest absolute Gasteiger partial charge is 0.0844 e. The van der Waals surface area contributed by atoms with E-state index in [1.807, 2.05) is 30.8 Å². The SMILES string of the molecule is CC1(O)C=Cc2[nH]c3c(c2C1)CSc1ccccc1-3. The van der Waals surface area contributed by atoms with E-state index in [9.17, 15) is 5.11 Å². The lowest BCUT2D eigenvalue weighted by molar-refractivity contribution is 0.111. The molecule has 1 atom stereocenters. The van der Waals surface area contributed by atoms with Crippen molar-refractivity contribution in [3.8, 4) is 11.3 Å². The number of fused-ring (bicyclic) bond motifs is 5. The molecular formula is C16H15NOS. The van der Waals surface area contributed by atoms with Crippen molar-refractivity contribution < 1.29 is 5.11 Å². The van der Waals surface area contributed by atoms with Crippen molar-refractivity contribution in [2.24, 2.45) is 0 Å². The number of benzene rings is 1. The standard InChI is InChI=1S/C16H15NOS/c1-16(18)7-6-13-11(8-16)12-9-19-14-5-3-2-4-10(14)15(12)17-13/h2-7,17-18H,8-9H2,1H3. The maximum absolute atomic E-state index is 10.2. The van der Waals surface area contributed by atoms with Gasteiger partial charge in [0, 0.05) is 28.3 Å². The normalized spacial score (nSPS) is 23.7. The fourth-order valence-electron chi connectivity index (χ4n) is 2.96. The van der Waals surface area contributed by atoms with E-state index in [0.29, 0.717) is 6.42 Å². The molecule has 1 aliphatic carbocycles. The maximum atomic E-state index is 10.2. The molecule has 0 amide bonds. The molecule has 0 bridgehead atoms. The number of aliphatic hydroxyl groups is 1. The number of aromatic amines is 1. The molecule has 0 saturated heterocycles. The van der Waals surface area contributed by atoms with Gasteiger partial charge in [-0.2, -0.15) is 0 Å². The van der Waals surface area contributed by atoms with Crippen molar-refractivity contribution in [3.63, 3.8) is 0 Å². The van der Waals surface area contributed by atoms with Gasteiger partial charge in [-0.15, -0.1) is 11.8 Å². The molecular weight excluding hydrogens is 254 g/mol. The predicted molar refractivity (Wildman–Crippen MR) is 79.2 cm³/mol. The molecule has 96 valence electrons. The van der Waals surface area contributed by atoms with Gasteiger partial charge < -0.3 is 10.1 Å². The molecule has 0 saturated carbocycles. The summed E-state index contributed by atoms with van der Waals surface area (Å²) in [5.74, 6) is 0.988. The lowest BCUT2D eigenvalue weighted by Crippen LogP contribution is -2.26. The monoisotopic (exact) mass is 269 g/mol. The van der Waals surface area contributed by atoms with Crippen LogP contribution < -0.4 is 0 Å². The first-order valence-corrected chi connectivity index (χ1v) is 7.50. The van der Waals surface area contributed by atoms with Crippen LogP contribution in [0.1, 0.15) is 23.7 Å². The summed E-state index contributed by atoms with van der Waals surface area (Å²) < 4.78 is 0. The van der Waals surface area contributed by atoms with Gasteiger partial charge in [0.25, 0.3) is 0 Å². The van der Waals surface area contributed by atoms with Crippen LogP contribution >= 0.6 is 11.8 Å². The van der Waals surface area contributed by atoms with Gasteiger partial charge in [0.05, 0.1) is 11.3 Å². The van der Waals surface area contributed by atoms with Gasteiger partial charge in [0.1, 0.15) is 0 Å². The highest BCUT2D eigenvalue weighted by Crippen LogP contribution is 2.45. The maximum Gasteiger partial charge on any atom is 0.0844 e. The molecule has 19 heavy (non-hydrogen) atoms. The average Bonchev–Trinajstić information content (AvgIpc) is 2.76. The van der Waals surface area contributed by atoms with Crippen molar-refractivity contribution in [3.05, 3.63) is 47.2 Å². The Bertz CT molecular complexity index is 697. The first-order valence-electron chi connectivity index (χ1n) is 6.52. The highest BCUT2D eigenvalue weighted by Gasteiger charge is 2.30. The van der Waals surface area contributed by atoms with E-state index < -0.39 is 5.60 Å². The summed E-state index contributed by atoms with van der Waals surface area (Å²) in [6.07, 6.45) is 4.61. The molecule has 2 nitrogen and oxygen atoms in total. The van der Waals surface area contributed by atoms with Gasteiger partial charge in [-0.1, -0.05) is 24.3 Å². The number of hydrogen-bond acceptors (Lipinski definition) is 2. The molecule has 2 aliphatic rings. The highest BCUT2D eigenvalue weighted by molar-refractivity contribution is 7.98. The van der Waals surface area contributed by atoms with Gasteiger partial charge >= 0.3 is 0 Å². The number of hydrogen-bond donors (Lipinski definition) is 2. The molecule has 3 heteroatoms. The van der Waals surface area contributed by atoms with Crippen LogP contribution in [-0.2, 0) is 12.2 Å². The van der Waals surface area contributed by atoms with Crippen molar-refractivity contribution in [2.75, 3.05) is 0 Å². The van der Waals surface area contributed by atoms with E-state index >= 15 is 0 Å². The third-order valence-corrected chi connectivity index (χ3v) is 5.02. The van der Waals surface area contributed by atoms with Gasteiger partial charge in [0.2, 0.25) is 0 Å². The number of aromatic nitrogens is 1. The Morgan fingerprint density at radius 3 is 3.00 bits per heavy atom. The zero-order chi connectivity index (χ0) is 13.0. The van der Waals surface area contributed by atoms with E-state index in [2.05, 4.69) is 29.2 Å². The van der Waals surface area contributed by atoms with Crippen LogP contribution in [0.2, 0.25) is 0 Å². The number of nitrogens with one attached hydrogen (secondary N) is 1. The van der Waals surface area contributed by atoms with Gasteiger partial charge in [-0.05, 0) is 30.2 Å². The predicted octanol–water partition coefficient (Wildman–Crippen LogP) is 3.61. The van der Waals surface area contributed by atoms with Crippen LogP contribution in [0.3, 0.4) is 0 Å². The summed E-state index contributed by atoms with van der Waals surface area (Å²) in [7, 11) is 0. The third kappa shape index (κ3) is 1.69. The van der Waals surface area contributed by atoms with Crippen molar-refractivity contribution in [1.82, 2.24) is 4.98 Å². The fourth-order valence-corrected chi connectivity index (χ4v) is 4.08. The van der Waals surface area contributed by atoms with E-state index in [1.165, 1.54) is 27.3 Å². The van der Waals surface area contributed by atoms with Crippen molar-refractivity contribution in [2.45, 2.75) is 29.6 Å². The minimum Gasteiger partial charge on any atom is -0.386 e. The zero-order valence-corrected chi connectivity index (χ0v) is 11.6. The van der Waals surface area contributed by atoms with Crippen molar-refractivity contribution >= 4 is 17.8 Å². The summed E-state index contributed by atoms with van der Waals surface area (Å²) in [5.41, 5.74) is 5.62. The molecule has 2 aromatic rings. The Balaban J connectivity index is 1.93. The molecule has 2 heterocycles. The second-order valence-electron chi connectivity index (χ2n) is 5.52. The topological polar surface area (TPSA) is 36.0 Å². The summed E-state index contributed by atoms with van der Waals surface area (Å²) in [6, 6.07) is 8.52. The molecule has 1 aliphatic heterocycles. The lowest BCUT2D eigenvalue weighted by atomic mass is 9.88. The van der Waals surface area contributed by atoms with E-state index in [-0.39, 0.29) is 0 Å². The van der Waals surface area contributed by atoms with E-state index in [1.54, 1.807) is 0 Å². The molecule has 1 unspecified atom stereocenters. The summed E-state index contributed by atoms with van der Waals surface area (Å²) in [5, 5.41) is 10.2. The van der Waals surface area contributed by atoms with Crippen LogP contribution in [0.25, 0.3) is 17.3 Å². The Labute approximate surface area is 116 Å². The van der Waals surface area contributed by atoms with Crippen LogP contribution in [0, 0.1) is 0 Å². The van der Waals surface area contributed by atoms with Crippen LogP contribution in [0.5, 0.6) is 0 Å². The largest absolute Gasteiger partial charge is 0.386 e. The van der Waals surface area contributed by atoms with Crippen molar-refractivity contribution in [1.29, 1.82) is 0 Å². The number of rotatable bonds is 0. The Morgan fingerprint density at radius 2 is 2.11 bits per heavy atom. The Hall–Kier alpha value is -1.45. The average molecular weight is 269 g/mol. The molecule has 1 aromatic heterocycles.